The van der Waals surface area contributed by atoms with E-state index in [1.165, 1.54) is 0 Å². The lowest BCUT2D eigenvalue weighted by Crippen LogP contribution is -2.27. The van der Waals surface area contributed by atoms with E-state index in [-0.39, 0.29) is 17.7 Å². The van der Waals surface area contributed by atoms with Gasteiger partial charge in [-0.25, -0.2) is 0 Å². The molecule has 3 nitrogen and oxygen atoms in total. The number of pyridine rings is 1. The van der Waals surface area contributed by atoms with Crippen LogP contribution in [0.15, 0.2) is 24.5 Å². The highest BCUT2D eigenvalue weighted by Gasteiger charge is 2.06. The zero-order valence-corrected chi connectivity index (χ0v) is 8.29. The predicted octanol–water partition coefficient (Wildman–Crippen LogP) is 1.19. The van der Waals surface area contributed by atoms with Gasteiger partial charge in [0.05, 0.1) is 11.8 Å². The third-order valence-corrected chi connectivity index (χ3v) is 2.01. The summed E-state index contributed by atoms with van der Waals surface area (Å²) < 4.78 is 0. The van der Waals surface area contributed by atoms with E-state index in [9.17, 15) is 4.79 Å². The zero-order valence-electron chi connectivity index (χ0n) is 7.40. The molecule has 0 aromatic carbocycles. The normalized spacial score (nSPS) is 12.2. The molecule has 0 bridgehead atoms. The molecule has 1 amide bonds. The minimum absolute atomic E-state index is 0.0163. The summed E-state index contributed by atoms with van der Waals surface area (Å²) in [6.07, 6.45) is 3.41. The van der Waals surface area contributed by atoms with Crippen LogP contribution >= 0.6 is 12.6 Å². The Kier molecular flexibility index (Phi) is 3.76. The molecule has 1 atom stereocenters. The van der Waals surface area contributed by atoms with Crippen molar-refractivity contribution in [3.63, 3.8) is 0 Å². The Morgan fingerprint density at radius 1 is 1.62 bits per heavy atom. The first-order valence-corrected chi connectivity index (χ1v) is 4.67. The van der Waals surface area contributed by atoms with Crippen LogP contribution in [0.1, 0.15) is 18.5 Å². The number of carbonyl (C=O) groups is 1. The van der Waals surface area contributed by atoms with Crippen LogP contribution in [0, 0.1) is 0 Å². The molecule has 4 heteroatoms. The number of hydrogen-bond acceptors (Lipinski definition) is 3. The fraction of sp³-hybridized carbons (Fsp3) is 0.333. The largest absolute Gasteiger partial charge is 0.349 e. The lowest BCUT2D eigenvalue weighted by atomic mass is 10.1. The Morgan fingerprint density at radius 2 is 2.23 bits per heavy atom. The number of rotatable bonds is 3. The van der Waals surface area contributed by atoms with Gasteiger partial charge in [-0.05, 0) is 24.6 Å². The van der Waals surface area contributed by atoms with Gasteiger partial charge in [0.25, 0.3) is 0 Å². The first-order chi connectivity index (χ1) is 6.24. The first-order valence-electron chi connectivity index (χ1n) is 4.04. The fourth-order valence-electron chi connectivity index (χ4n) is 1.02. The van der Waals surface area contributed by atoms with Gasteiger partial charge in [0.1, 0.15) is 0 Å². The van der Waals surface area contributed by atoms with Crippen LogP contribution in [0.5, 0.6) is 0 Å². The standard InChI is InChI=1S/C9H12N2OS/c1-7(11-9(12)6-13)8-2-4-10-5-3-8/h2-5,7,13H,6H2,1H3,(H,11,12). The molecule has 1 N–H and O–H groups in total. The van der Waals surface area contributed by atoms with Crippen LogP contribution in [-0.4, -0.2) is 16.6 Å². The van der Waals surface area contributed by atoms with Gasteiger partial charge in [-0.15, -0.1) is 0 Å². The summed E-state index contributed by atoms with van der Waals surface area (Å²) in [5.74, 6) is 0.155. The number of carbonyl (C=O) groups excluding carboxylic acids is 1. The summed E-state index contributed by atoms with van der Waals surface area (Å²) in [6, 6.07) is 3.77. The van der Waals surface area contributed by atoms with Crippen molar-refractivity contribution in [1.82, 2.24) is 10.3 Å². The first kappa shape index (κ1) is 10.1. The average molecular weight is 196 g/mol. The predicted molar refractivity (Wildman–Crippen MR) is 54.6 cm³/mol. The van der Waals surface area contributed by atoms with Crippen LogP contribution in [-0.2, 0) is 4.79 Å². The van der Waals surface area contributed by atoms with Crippen LogP contribution in [0.4, 0.5) is 0 Å². The van der Waals surface area contributed by atoms with Gasteiger partial charge < -0.3 is 5.32 Å². The third kappa shape index (κ3) is 3.06. The fourth-order valence-corrected chi connectivity index (χ4v) is 1.11. The van der Waals surface area contributed by atoms with Crippen molar-refractivity contribution in [2.24, 2.45) is 0 Å². The van der Waals surface area contributed by atoms with Crippen LogP contribution < -0.4 is 5.32 Å². The van der Waals surface area contributed by atoms with E-state index in [0.717, 1.165) is 5.56 Å². The molecular formula is C9H12N2OS. The molecule has 0 saturated heterocycles. The summed E-state index contributed by atoms with van der Waals surface area (Å²) in [7, 11) is 0. The Balaban J connectivity index is 2.59. The highest BCUT2D eigenvalue weighted by Crippen LogP contribution is 2.09. The van der Waals surface area contributed by atoms with Crippen molar-refractivity contribution < 1.29 is 4.79 Å². The highest BCUT2D eigenvalue weighted by molar-refractivity contribution is 7.81. The number of hydrogen-bond donors (Lipinski definition) is 2. The van der Waals surface area contributed by atoms with Crippen molar-refractivity contribution in [2.75, 3.05) is 5.75 Å². The molecule has 0 aliphatic carbocycles. The van der Waals surface area contributed by atoms with E-state index >= 15 is 0 Å². The van der Waals surface area contributed by atoms with E-state index in [1.807, 2.05) is 19.1 Å². The Bertz CT molecular complexity index is 276. The molecule has 0 radical (unpaired) electrons. The maximum absolute atomic E-state index is 11.0. The Morgan fingerprint density at radius 3 is 2.77 bits per heavy atom. The summed E-state index contributed by atoms with van der Waals surface area (Å²) in [5, 5.41) is 2.80. The number of amides is 1. The molecule has 1 aromatic heterocycles. The van der Waals surface area contributed by atoms with E-state index in [0.29, 0.717) is 0 Å². The van der Waals surface area contributed by atoms with Crippen molar-refractivity contribution >= 4 is 18.5 Å². The van der Waals surface area contributed by atoms with Crippen molar-refractivity contribution in [2.45, 2.75) is 13.0 Å². The minimum Gasteiger partial charge on any atom is -0.349 e. The highest BCUT2D eigenvalue weighted by atomic mass is 32.1. The van der Waals surface area contributed by atoms with Crippen molar-refractivity contribution in [1.29, 1.82) is 0 Å². The number of nitrogens with one attached hydrogen (secondary N) is 1. The van der Waals surface area contributed by atoms with E-state index in [4.69, 9.17) is 0 Å². The number of aromatic nitrogens is 1. The van der Waals surface area contributed by atoms with Gasteiger partial charge in [-0.2, -0.15) is 12.6 Å². The molecule has 1 heterocycles. The smallest absolute Gasteiger partial charge is 0.230 e. The maximum atomic E-state index is 11.0. The monoisotopic (exact) mass is 196 g/mol. The lowest BCUT2D eigenvalue weighted by molar-refractivity contribution is -0.119. The van der Waals surface area contributed by atoms with Gasteiger partial charge in [-0.1, -0.05) is 0 Å². The summed E-state index contributed by atoms with van der Waals surface area (Å²) >= 11 is 3.88. The molecule has 0 fully saturated rings. The Labute approximate surface area is 83.0 Å². The van der Waals surface area contributed by atoms with Gasteiger partial charge in [0.15, 0.2) is 0 Å². The van der Waals surface area contributed by atoms with Crippen LogP contribution in [0.3, 0.4) is 0 Å². The second-order valence-electron chi connectivity index (χ2n) is 2.73. The van der Waals surface area contributed by atoms with Gasteiger partial charge in [0, 0.05) is 12.4 Å². The minimum atomic E-state index is -0.0624. The molecule has 1 aromatic rings. The lowest BCUT2D eigenvalue weighted by Gasteiger charge is -2.12. The van der Waals surface area contributed by atoms with E-state index < -0.39 is 0 Å². The average Bonchev–Trinajstić information content (AvgIpc) is 2.19. The summed E-state index contributed by atoms with van der Waals surface area (Å²) in [4.78, 5) is 14.9. The third-order valence-electron chi connectivity index (χ3n) is 1.73. The molecule has 0 aliphatic heterocycles. The zero-order chi connectivity index (χ0) is 9.68. The van der Waals surface area contributed by atoms with Crippen LogP contribution in [0.2, 0.25) is 0 Å². The van der Waals surface area contributed by atoms with E-state index in [1.54, 1.807) is 12.4 Å². The molecule has 1 unspecified atom stereocenters. The molecule has 70 valence electrons. The quantitative estimate of drug-likeness (QED) is 0.713. The van der Waals surface area contributed by atoms with Crippen molar-refractivity contribution in [3.05, 3.63) is 30.1 Å². The van der Waals surface area contributed by atoms with Gasteiger partial charge in [0.2, 0.25) is 5.91 Å². The SMILES string of the molecule is CC(NC(=O)CS)c1ccncc1. The molecule has 0 saturated carbocycles. The molecular weight excluding hydrogens is 184 g/mol. The second kappa shape index (κ2) is 4.87. The summed E-state index contributed by atoms with van der Waals surface area (Å²) in [5.41, 5.74) is 1.05. The second-order valence-corrected chi connectivity index (χ2v) is 3.04. The maximum Gasteiger partial charge on any atom is 0.230 e. The molecule has 1 rings (SSSR count). The topological polar surface area (TPSA) is 42.0 Å². The van der Waals surface area contributed by atoms with Gasteiger partial charge >= 0.3 is 0 Å². The molecule has 0 aliphatic rings. The Hall–Kier alpha value is -1.03. The number of nitrogens with zero attached hydrogens (tertiary/aromatic N) is 1. The summed E-state index contributed by atoms with van der Waals surface area (Å²) in [6.45, 7) is 1.93. The van der Waals surface area contributed by atoms with Crippen molar-refractivity contribution in [3.8, 4) is 0 Å². The molecule has 0 spiro atoms. The van der Waals surface area contributed by atoms with E-state index in [2.05, 4.69) is 22.9 Å². The van der Waals surface area contributed by atoms with Crippen LogP contribution in [0.25, 0.3) is 0 Å². The number of thiol groups is 1. The molecule has 13 heavy (non-hydrogen) atoms. The van der Waals surface area contributed by atoms with Gasteiger partial charge in [-0.3, -0.25) is 9.78 Å².